The number of ketones is 1. The first-order valence-electron chi connectivity index (χ1n) is 5.07. The molecular formula is C12H16O2. The maximum atomic E-state index is 11.6. The highest BCUT2D eigenvalue weighted by molar-refractivity contribution is 5.98. The SMILES string of the molecule is CCCCCC(=O)c1ccccc1O. The summed E-state index contributed by atoms with van der Waals surface area (Å²) in [6.07, 6.45) is 3.61. The fourth-order valence-electron chi connectivity index (χ4n) is 1.38. The average Bonchev–Trinajstić information content (AvgIpc) is 2.18. The Hall–Kier alpha value is -1.31. The van der Waals surface area contributed by atoms with E-state index in [1.54, 1.807) is 24.3 Å². The van der Waals surface area contributed by atoms with Crippen LogP contribution < -0.4 is 0 Å². The molecule has 14 heavy (non-hydrogen) atoms. The minimum Gasteiger partial charge on any atom is -0.507 e. The number of para-hydroxylation sites is 1. The molecule has 0 amide bonds. The Labute approximate surface area is 84.6 Å². The molecule has 2 nitrogen and oxygen atoms in total. The molecule has 0 saturated carbocycles. The second-order valence-corrected chi connectivity index (χ2v) is 3.40. The van der Waals surface area contributed by atoms with E-state index in [1.807, 2.05) is 0 Å². The van der Waals surface area contributed by atoms with Crippen molar-refractivity contribution in [2.75, 3.05) is 0 Å². The van der Waals surface area contributed by atoms with E-state index < -0.39 is 0 Å². The van der Waals surface area contributed by atoms with Crippen molar-refractivity contribution < 1.29 is 9.90 Å². The van der Waals surface area contributed by atoms with Gasteiger partial charge in [-0.15, -0.1) is 0 Å². The monoisotopic (exact) mass is 192 g/mol. The van der Waals surface area contributed by atoms with Gasteiger partial charge in [0.15, 0.2) is 5.78 Å². The van der Waals surface area contributed by atoms with E-state index in [0.29, 0.717) is 12.0 Å². The van der Waals surface area contributed by atoms with Gasteiger partial charge in [-0.3, -0.25) is 4.79 Å². The fourth-order valence-corrected chi connectivity index (χ4v) is 1.38. The normalized spacial score (nSPS) is 10.1. The molecule has 1 N–H and O–H groups in total. The summed E-state index contributed by atoms with van der Waals surface area (Å²) in [7, 11) is 0. The maximum Gasteiger partial charge on any atom is 0.166 e. The van der Waals surface area contributed by atoms with Crippen LogP contribution in [-0.2, 0) is 0 Å². The molecule has 0 radical (unpaired) electrons. The number of rotatable bonds is 5. The predicted octanol–water partition coefficient (Wildman–Crippen LogP) is 3.16. The van der Waals surface area contributed by atoms with Crippen molar-refractivity contribution in [3.05, 3.63) is 29.8 Å². The van der Waals surface area contributed by atoms with Crippen LogP contribution in [0.3, 0.4) is 0 Å². The zero-order valence-electron chi connectivity index (χ0n) is 8.49. The molecule has 0 aromatic heterocycles. The number of aromatic hydroxyl groups is 1. The van der Waals surface area contributed by atoms with Gasteiger partial charge in [0.05, 0.1) is 5.56 Å². The van der Waals surface area contributed by atoms with Gasteiger partial charge >= 0.3 is 0 Å². The first-order chi connectivity index (χ1) is 6.75. The minimum absolute atomic E-state index is 0.0385. The van der Waals surface area contributed by atoms with E-state index >= 15 is 0 Å². The van der Waals surface area contributed by atoms with Crippen LogP contribution in [0.4, 0.5) is 0 Å². The highest BCUT2D eigenvalue weighted by Gasteiger charge is 2.08. The summed E-state index contributed by atoms with van der Waals surface area (Å²) < 4.78 is 0. The number of phenols is 1. The van der Waals surface area contributed by atoms with Gasteiger partial charge < -0.3 is 5.11 Å². The molecule has 0 aliphatic carbocycles. The van der Waals surface area contributed by atoms with E-state index in [-0.39, 0.29) is 11.5 Å². The number of Topliss-reactive ketones (excluding diaryl/α,β-unsaturated/α-hetero) is 1. The van der Waals surface area contributed by atoms with Crippen LogP contribution in [0.15, 0.2) is 24.3 Å². The summed E-state index contributed by atoms with van der Waals surface area (Å²) in [6, 6.07) is 6.71. The third kappa shape index (κ3) is 2.87. The van der Waals surface area contributed by atoms with Crippen molar-refractivity contribution >= 4 is 5.78 Å². The highest BCUT2D eigenvalue weighted by atomic mass is 16.3. The van der Waals surface area contributed by atoms with Crippen LogP contribution in [0.5, 0.6) is 5.75 Å². The number of benzene rings is 1. The van der Waals surface area contributed by atoms with E-state index in [0.717, 1.165) is 19.3 Å². The molecule has 76 valence electrons. The predicted molar refractivity (Wildman–Crippen MR) is 56.6 cm³/mol. The van der Waals surface area contributed by atoms with Gasteiger partial charge in [0.1, 0.15) is 5.75 Å². The molecule has 0 unspecified atom stereocenters. The van der Waals surface area contributed by atoms with E-state index in [4.69, 9.17) is 0 Å². The standard InChI is InChI=1S/C12H16O2/c1-2-3-4-8-11(13)10-7-5-6-9-12(10)14/h5-7,9,14H,2-4,8H2,1H3. The lowest BCUT2D eigenvalue weighted by atomic mass is 10.0. The van der Waals surface area contributed by atoms with Gasteiger partial charge in [-0.05, 0) is 18.6 Å². The third-order valence-electron chi connectivity index (χ3n) is 2.21. The van der Waals surface area contributed by atoms with Crippen molar-refractivity contribution in [2.45, 2.75) is 32.6 Å². The van der Waals surface area contributed by atoms with Crippen LogP contribution in [0.25, 0.3) is 0 Å². The topological polar surface area (TPSA) is 37.3 Å². The molecule has 0 fully saturated rings. The number of hydrogen-bond acceptors (Lipinski definition) is 2. The molecule has 0 spiro atoms. The Kier molecular flexibility index (Phi) is 4.17. The second-order valence-electron chi connectivity index (χ2n) is 3.40. The zero-order valence-corrected chi connectivity index (χ0v) is 8.49. The number of phenolic OH excluding ortho intramolecular Hbond substituents is 1. The fraction of sp³-hybridized carbons (Fsp3) is 0.417. The number of hydrogen-bond donors (Lipinski definition) is 1. The lowest BCUT2D eigenvalue weighted by Gasteiger charge is -2.02. The van der Waals surface area contributed by atoms with Crippen molar-refractivity contribution in [1.29, 1.82) is 0 Å². The van der Waals surface area contributed by atoms with Gasteiger partial charge in [-0.25, -0.2) is 0 Å². The van der Waals surface area contributed by atoms with Gasteiger partial charge in [0.25, 0.3) is 0 Å². The molecule has 0 aliphatic rings. The molecular weight excluding hydrogens is 176 g/mol. The van der Waals surface area contributed by atoms with Crippen LogP contribution >= 0.6 is 0 Å². The summed E-state index contributed by atoms with van der Waals surface area (Å²) in [6.45, 7) is 2.10. The number of unbranched alkanes of at least 4 members (excludes halogenated alkanes) is 2. The summed E-state index contributed by atoms with van der Waals surface area (Å²) >= 11 is 0. The molecule has 1 rings (SSSR count). The zero-order chi connectivity index (χ0) is 10.4. The van der Waals surface area contributed by atoms with Gasteiger partial charge in [-0.1, -0.05) is 31.9 Å². The van der Waals surface area contributed by atoms with Crippen LogP contribution in [-0.4, -0.2) is 10.9 Å². The number of carbonyl (C=O) groups excluding carboxylic acids is 1. The summed E-state index contributed by atoms with van der Waals surface area (Å²) in [5.74, 6) is 0.130. The van der Waals surface area contributed by atoms with Gasteiger partial charge in [0, 0.05) is 6.42 Å². The molecule has 0 saturated heterocycles. The van der Waals surface area contributed by atoms with Crippen molar-refractivity contribution in [1.82, 2.24) is 0 Å². The van der Waals surface area contributed by atoms with E-state index in [1.165, 1.54) is 0 Å². The smallest absolute Gasteiger partial charge is 0.166 e. The highest BCUT2D eigenvalue weighted by Crippen LogP contribution is 2.18. The Morgan fingerprint density at radius 3 is 2.64 bits per heavy atom. The van der Waals surface area contributed by atoms with E-state index in [9.17, 15) is 9.90 Å². The lowest BCUT2D eigenvalue weighted by Crippen LogP contribution is -1.98. The minimum atomic E-state index is 0.0385. The molecule has 0 atom stereocenters. The molecule has 0 aliphatic heterocycles. The first kappa shape index (κ1) is 10.8. The molecule has 1 aromatic rings. The average molecular weight is 192 g/mol. The molecule has 0 heterocycles. The van der Waals surface area contributed by atoms with Crippen molar-refractivity contribution in [2.24, 2.45) is 0 Å². The van der Waals surface area contributed by atoms with Crippen LogP contribution in [0, 0.1) is 0 Å². The summed E-state index contributed by atoms with van der Waals surface area (Å²) in [5, 5.41) is 9.42. The Balaban J connectivity index is 2.56. The third-order valence-corrected chi connectivity index (χ3v) is 2.21. The van der Waals surface area contributed by atoms with Crippen molar-refractivity contribution in [3.63, 3.8) is 0 Å². The van der Waals surface area contributed by atoms with Crippen LogP contribution in [0.2, 0.25) is 0 Å². The summed E-state index contributed by atoms with van der Waals surface area (Å²) in [5.41, 5.74) is 0.448. The second kappa shape index (κ2) is 5.43. The van der Waals surface area contributed by atoms with Gasteiger partial charge in [-0.2, -0.15) is 0 Å². The number of carbonyl (C=O) groups is 1. The molecule has 1 aromatic carbocycles. The maximum absolute atomic E-state index is 11.6. The van der Waals surface area contributed by atoms with Gasteiger partial charge in [0.2, 0.25) is 0 Å². The largest absolute Gasteiger partial charge is 0.507 e. The molecule has 2 heteroatoms. The Bertz CT molecular complexity index is 305. The molecule has 0 bridgehead atoms. The quantitative estimate of drug-likeness (QED) is 0.574. The lowest BCUT2D eigenvalue weighted by molar-refractivity contribution is 0.0976. The summed E-state index contributed by atoms with van der Waals surface area (Å²) in [4.78, 5) is 11.6. The first-order valence-corrected chi connectivity index (χ1v) is 5.07. The Morgan fingerprint density at radius 2 is 2.00 bits per heavy atom. The Morgan fingerprint density at radius 1 is 1.29 bits per heavy atom. The van der Waals surface area contributed by atoms with Crippen LogP contribution in [0.1, 0.15) is 43.0 Å². The van der Waals surface area contributed by atoms with E-state index in [2.05, 4.69) is 6.92 Å². The van der Waals surface area contributed by atoms with Crippen molar-refractivity contribution in [3.8, 4) is 5.75 Å².